The number of aromatic hydroxyl groups is 1. The third kappa shape index (κ3) is 4.26. The number of nitrogens with one attached hydrogen (secondary N) is 1. The highest BCUT2D eigenvalue weighted by Crippen LogP contribution is 2.24. The molecule has 3 aromatic carbocycles. The minimum Gasteiger partial charge on any atom is -0.507 e. The van der Waals surface area contributed by atoms with E-state index in [2.05, 4.69) is 5.32 Å². The summed E-state index contributed by atoms with van der Waals surface area (Å²) in [5.41, 5.74) is 1.85. The summed E-state index contributed by atoms with van der Waals surface area (Å²) in [6, 6.07) is 18.3. The van der Waals surface area contributed by atoms with Crippen LogP contribution in [0.3, 0.4) is 0 Å². The van der Waals surface area contributed by atoms with Crippen LogP contribution in [0.25, 0.3) is 10.8 Å². The third-order valence-electron chi connectivity index (χ3n) is 4.37. The molecule has 0 aliphatic heterocycles. The molecule has 0 bridgehead atoms. The zero-order valence-electron chi connectivity index (χ0n) is 15.2. The van der Waals surface area contributed by atoms with E-state index < -0.39 is 18.5 Å². The topological polar surface area (TPSA) is 75.6 Å². The number of aryl methyl sites for hydroxylation is 1. The van der Waals surface area contributed by atoms with Gasteiger partial charge in [-0.2, -0.15) is 0 Å². The van der Waals surface area contributed by atoms with Crippen LogP contribution in [0.2, 0.25) is 0 Å². The number of hydrogen-bond donors (Lipinski definition) is 2. The van der Waals surface area contributed by atoms with Gasteiger partial charge in [0.15, 0.2) is 6.61 Å². The molecule has 0 saturated carbocycles. The molecule has 0 fully saturated rings. The average molecular weight is 363 g/mol. The SMILES string of the molecule is Cc1ccc(O)c(C(=O)OCC(=O)N[C@@H](C)c2cccc3ccccc23)c1. The fourth-order valence-corrected chi connectivity index (χ4v) is 3.01. The quantitative estimate of drug-likeness (QED) is 0.675. The van der Waals surface area contributed by atoms with Gasteiger partial charge in [-0.05, 0) is 42.3 Å². The van der Waals surface area contributed by atoms with Crippen molar-refractivity contribution < 1.29 is 19.4 Å². The largest absolute Gasteiger partial charge is 0.507 e. The Balaban J connectivity index is 1.63. The van der Waals surface area contributed by atoms with Crippen LogP contribution in [0, 0.1) is 6.92 Å². The maximum atomic E-state index is 12.2. The fraction of sp³-hybridized carbons (Fsp3) is 0.182. The van der Waals surface area contributed by atoms with E-state index >= 15 is 0 Å². The van der Waals surface area contributed by atoms with Crippen molar-refractivity contribution in [3.05, 3.63) is 77.4 Å². The normalized spacial score (nSPS) is 11.8. The number of esters is 1. The molecule has 5 nitrogen and oxygen atoms in total. The lowest BCUT2D eigenvalue weighted by molar-refractivity contribution is -0.124. The smallest absolute Gasteiger partial charge is 0.342 e. The molecule has 3 rings (SSSR count). The van der Waals surface area contributed by atoms with Crippen molar-refractivity contribution in [3.8, 4) is 5.75 Å². The first kappa shape index (κ1) is 18.5. The molecule has 2 N–H and O–H groups in total. The molecule has 1 amide bonds. The summed E-state index contributed by atoms with van der Waals surface area (Å²) in [6.07, 6.45) is 0. The van der Waals surface area contributed by atoms with Gasteiger partial charge in [0.2, 0.25) is 0 Å². The Bertz CT molecular complexity index is 991. The number of hydrogen-bond acceptors (Lipinski definition) is 4. The minimum atomic E-state index is -0.732. The monoisotopic (exact) mass is 363 g/mol. The average Bonchev–Trinajstić information content (AvgIpc) is 2.67. The number of amides is 1. The van der Waals surface area contributed by atoms with Crippen LogP contribution in [0.5, 0.6) is 5.75 Å². The molecule has 138 valence electrons. The summed E-state index contributed by atoms with van der Waals surface area (Å²) in [4.78, 5) is 24.3. The van der Waals surface area contributed by atoms with Gasteiger partial charge in [-0.15, -0.1) is 0 Å². The molecular formula is C22H21NO4. The molecular weight excluding hydrogens is 342 g/mol. The third-order valence-corrected chi connectivity index (χ3v) is 4.37. The van der Waals surface area contributed by atoms with Crippen molar-refractivity contribution in [2.45, 2.75) is 19.9 Å². The molecule has 27 heavy (non-hydrogen) atoms. The highest BCUT2D eigenvalue weighted by Gasteiger charge is 2.16. The van der Waals surface area contributed by atoms with Gasteiger partial charge in [0.1, 0.15) is 11.3 Å². The zero-order valence-corrected chi connectivity index (χ0v) is 15.2. The van der Waals surface area contributed by atoms with Crippen molar-refractivity contribution in [2.75, 3.05) is 6.61 Å². The maximum absolute atomic E-state index is 12.2. The van der Waals surface area contributed by atoms with Gasteiger partial charge in [-0.3, -0.25) is 4.79 Å². The van der Waals surface area contributed by atoms with E-state index in [9.17, 15) is 14.7 Å². The van der Waals surface area contributed by atoms with E-state index in [-0.39, 0.29) is 17.4 Å². The Labute approximate surface area is 157 Å². The number of phenolic OH excluding ortho intramolecular Hbond substituents is 1. The Morgan fingerprint density at radius 1 is 1.07 bits per heavy atom. The van der Waals surface area contributed by atoms with E-state index in [1.807, 2.05) is 49.4 Å². The van der Waals surface area contributed by atoms with E-state index in [1.54, 1.807) is 13.0 Å². The van der Waals surface area contributed by atoms with E-state index in [1.165, 1.54) is 12.1 Å². The molecule has 0 aromatic heterocycles. The van der Waals surface area contributed by atoms with Crippen LogP contribution >= 0.6 is 0 Å². The van der Waals surface area contributed by atoms with Crippen LogP contribution in [0.4, 0.5) is 0 Å². The van der Waals surface area contributed by atoms with Crippen LogP contribution in [-0.4, -0.2) is 23.6 Å². The molecule has 0 heterocycles. The van der Waals surface area contributed by atoms with Crippen LogP contribution in [0.1, 0.15) is 34.5 Å². The predicted octanol–water partition coefficient (Wildman–Crippen LogP) is 3.89. The van der Waals surface area contributed by atoms with Gasteiger partial charge in [0, 0.05) is 0 Å². The first-order chi connectivity index (χ1) is 13.0. The standard InChI is InChI=1S/C22H21NO4/c1-14-10-11-20(24)19(12-14)22(26)27-13-21(25)23-15(2)17-9-5-7-16-6-3-4-8-18(16)17/h3-12,15,24H,13H2,1-2H3,(H,23,25)/t15-/m0/s1. The van der Waals surface area contributed by atoms with Crippen molar-refractivity contribution in [1.82, 2.24) is 5.32 Å². The number of carbonyl (C=O) groups excluding carboxylic acids is 2. The molecule has 5 heteroatoms. The van der Waals surface area contributed by atoms with Crippen LogP contribution in [0.15, 0.2) is 60.7 Å². The first-order valence-corrected chi connectivity index (χ1v) is 8.69. The van der Waals surface area contributed by atoms with Gasteiger partial charge in [0.25, 0.3) is 5.91 Å². The van der Waals surface area contributed by atoms with Crippen LogP contribution in [-0.2, 0) is 9.53 Å². The molecule has 1 atom stereocenters. The zero-order chi connectivity index (χ0) is 19.4. The molecule has 0 saturated heterocycles. The summed E-state index contributed by atoms with van der Waals surface area (Å²) in [7, 11) is 0. The second kappa shape index (κ2) is 7.91. The molecule has 3 aromatic rings. The summed E-state index contributed by atoms with van der Waals surface area (Å²) in [6.45, 7) is 3.27. The highest BCUT2D eigenvalue weighted by atomic mass is 16.5. The van der Waals surface area contributed by atoms with E-state index in [0.717, 1.165) is 21.9 Å². The number of carbonyl (C=O) groups is 2. The van der Waals surface area contributed by atoms with Gasteiger partial charge < -0.3 is 15.2 Å². The van der Waals surface area contributed by atoms with Gasteiger partial charge in [0.05, 0.1) is 6.04 Å². The van der Waals surface area contributed by atoms with E-state index in [0.29, 0.717) is 0 Å². The summed E-state index contributed by atoms with van der Waals surface area (Å²) < 4.78 is 5.04. The lowest BCUT2D eigenvalue weighted by atomic mass is 10.00. The Hall–Kier alpha value is -3.34. The second-order valence-electron chi connectivity index (χ2n) is 6.45. The lowest BCUT2D eigenvalue weighted by Crippen LogP contribution is -2.31. The van der Waals surface area contributed by atoms with Gasteiger partial charge >= 0.3 is 5.97 Å². The van der Waals surface area contributed by atoms with E-state index in [4.69, 9.17) is 4.74 Å². The minimum absolute atomic E-state index is 0.0462. The van der Waals surface area contributed by atoms with Crippen molar-refractivity contribution in [2.24, 2.45) is 0 Å². The molecule has 0 radical (unpaired) electrons. The lowest BCUT2D eigenvalue weighted by Gasteiger charge is -2.16. The predicted molar refractivity (Wildman–Crippen MR) is 104 cm³/mol. The molecule has 0 aliphatic rings. The molecule has 0 unspecified atom stereocenters. The van der Waals surface area contributed by atoms with Crippen LogP contribution < -0.4 is 5.32 Å². The van der Waals surface area contributed by atoms with Gasteiger partial charge in [-0.25, -0.2) is 4.79 Å². The first-order valence-electron chi connectivity index (χ1n) is 8.69. The Morgan fingerprint density at radius 2 is 1.81 bits per heavy atom. The number of ether oxygens (including phenoxy) is 1. The second-order valence-corrected chi connectivity index (χ2v) is 6.45. The Morgan fingerprint density at radius 3 is 2.63 bits per heavy atom. The number of benzene rings is 3. The summed E-state index contributed by atoms with van der Waals surface area (Å²) in [5, 5.41) is 14.8. The highest BCUT2D eigenvalue weighted by molar-refractivity contribution is 5.94. The Kier molecular flexibility index (Phi) is 5.41. The summed E-state index contributed by atoms with van der Waals surface area (Å²) >= 11 is 0. The van der Waals surface area contributed by atoms with Crippen molar-refractivity contribution in [3.63, 3.8) is 0 Å². The maximum Gasteiger partial charge on any atom is 0.342 e. The molecule has 0 aliphatic carbocycles. The number of phenols is 1. The van der Waals surface area contributed by atoms with Crippen molar-refractivity contribution >= 4 is 22.6 Å². The summed E-state index contributed by atoms with van der Waals surface area (Å²) in [5.74, 6) is -1.31. The number of fused-ring (bicyclic) bond motifs is 1. The van der Waals surface area contributed by atoms with Crippen molar-refractivity contribution in [1.29, 1.82) is 0 Å². The fourth-order valence-electron chi connectivity index (χ4n) is 3.01. The number of rotatable bonds is 5. The molecule has 0 spiro atoms. The van der Waals surface area contributed by atoms with Gasteiger partial charge in [-0.1, -0.05) is 54.1 Å².